The zero-order chi connectivity index (χ0) is 15.7. The molecule has 0 aliphatic heterocycles. The summed E-state index contributed by atoms with van der Waals surface area (Å²) >= 11 is 2.43. The molecule has 0 spiro atoms. The van der Waals surface area contributed by atoms with Gasteiger partial charge in [-0.05, 0) is 77.6 Å². The van der Waals surface area contributed by atoms with Crippen LogP contribution >= 0.6 is 22.6 Å². The minimum absolute atomic E-state index is 0.402. The minimum atomic E-state index is 0.402. The second-order valence-electron chi connectivity index (χ2n) is 5.31. The predicted molar refractivity (Wildman–Crippen MR) is 105 cm³/mol. The molecule has 1 aromatic carbocycles. The van der Waals surface area contributed by atoms with Crippen LogP contribution in [0.3, 0.4) is 0 Å². The summed E-state index contributed by atoms with van der Waals surface area (Å²) in [6.45, 7) is 10.5. The lowest BCUT2D eigenvalue weighted by Crippen LogP contribution is -1.97. The van der Waals surface area contributed by atoms with Crippen LogP contribution in [-0.2, 0) is 0 Å². The van der Waals surface area contributed by atoms with Crippen molar-refractivity contribution >= 4 is 28.2 Å². The molecule has 0 bridgehead atoms. The molecule has 0 fully saturated rings. The first-order valence-electron chi connectivity index (χ1n) is 7.89. The highest BCUT2D eigenvalue weighted by atomic mass is 127. The maximum atomic E-state index is 4.02. The fourth-order valence-corrected chi connectivity index (χ4v) is 3.24. The van der Waals surface area contributed by atoms with Crippen LogP contribution in [0, 0.1) is 3.57 Å². The van der Waals surface area contributed by atoms with Gasteiger partial charge in [0.1, 0.15) is 0 Å². The first kappa shape index (κ1) is 18.2. The minimum Gasteiger partial charge on any atom is -0.102 e. The molecule has 1 heteroatoms. The Hall–Kier alpha value is -0.830. The Bertz CT molecular complexity index is 509. The van der Waals surface area contributed by atoms with Crippen molar-refractivity contribution in [3.63, 3.8) is 0 Å². The van der Waals surface area contributed by atoms with Gasteiger partial charge >= 0.3 is 0 Å². The Balaban J connectivity index is 3.18. The van der Waals surface area contributed by atoms with Crippen molar-refractivity contribution in [2.24, 2.45) is 0 Å². The van der Waals surface area contributed by atoms with Crippen molar-refractivity contribution in [1.82, 2.24) is 0 Å². The molecular weight excluding hydrogens is 367 g/mol. The second-order valence-corrected chi connectivity index (χ2v) is 6.55. The molecule has 0 aliphatic rings. The molecule has 0 aliphatic carbocycles. The SMILES string of the molecule is C=CC(C/C=C\C)c1cc(I)cc(/C(=C/CC)CCC)c1. The molecule has 0 saturated heterocycles. The predicted octanol–water partition coefficient (Wildman–Crippen LogP) is 7.12. The monoisotopic (exact) mass is 394 g/mol. The van der Waals surface area contributed by atoms with Gasteiger partial charge in [0.2, 0.25) is 0 Å². The van der Waals surface area contributed by atoms with Gasteiger partial charge in [-0.25, -0.2) is 0 Å². The largest absolute Gasteiger partial charge is 0.102 e. The van der Waals surface area contributed by atoms with E-state index in [2.05, 4.69) is 92.4 Å². The Labute approximate surface area is 144 Å². The molecular formula is C20H27I. The highest BCUT2D eigenvalue weighted by Gasteiger charge is 2.10. The lowest BCUT2D eigenvalue weighted by Gasteiger charge is -2.15. The first-order valence-corrected chi connectivity index (χ1v) is 8.97. The summed E-state index contributed by atoms with van der Waals surface area (Å²) in [5.41, 5.74) is 4.24. The van der Waals surface area contributed by atoms with Crippen LogP contribution in [-0.4, -0.2) is 0 Å². The summed E-state index contributed by atoms with van der Waals surface area (Å²) in [7, 11) is 0. The fourth-order valence-electron chi connectivity index (χ4n) is 2.54. The van der Waals surface area contributed by atoms with Gasteiger partial charge in [0.05, 0.1) is 0 Å². The highest BCUT2D eigenvalue weighted by Crippen LogP contribution is 2.29. The van der Waals surface area contributed by atoms with Crippen molar-refractivity contribution in [1.29, 1.82) is 0 Å². The number of allylic oxidation sites excluding steroid dienone is 5. The molecule has 0 N–H and O–H groups in total. The van der Waals surface area contributed by atoms with Crippen LogP contribution in [0.5, 0.6) is 0 Å². The van der Waals surface area contributed by atoms with Crippen molar-refractivity contribution in [3.8, 4) is 0 Å². The molecule has 0 radical (unpaired) electrons. The maximum absolute atomic E-state index is 4.02. The van der Waals surface area contributed by atoms with Gasteiger partial charge in [-0.15, -0.1) is 6.58 Å². The summed E-state index contributed by atoms with van der Waals surface area (Å²) in [5, 5.41) is 0. The molecule has 0 heterocycles. The van der Waals surface area contributed by atoms with E-state index < -0.39 is 0 Å². The van der Waals surface area contributed by atoms with E-state index in [1.54, 1.807) is 0 Å². The third kappa shape index (κ3) is 5.82. The normalized spacial score (nSPS) is 13.6. The van der Waals surface area contributed by atoms with Gasteiger partial charge in [-0.3, -0.25) is 0 Å². The summed E-state index contributed by atoms with van der Waals surface area (Å²) in [5.74, 6) is 0.402. The molecule has 1 aromatic rings. The standard InChI is InChI=1S/C20H27I/c1-5-9-12-16(8-4)18-13-19(15-20(21)14-18)17(10-6-2)11-7-3/h5,8-10,13-16H,4,6-7,11-12H2,1-3H3/b9-5-,17-10+. The molecule has 114 valence electrons. The van der Waals surface area contributed by atoms with Gasteiger partial charge in [0, 0.05) is 9.49 Å². The van der Waals surface area contributed by atoms with E-state index in [9.17, 15) is 0 Å². The molecule has 0 saturated carbocycles. The number of hydrogen-bond donors (Lipinski definition) is 0. The zero-order valence-corrected chi connectivity index (χ0v) is 15.7. The third-order valence-electron chi connectivity index (χ3n) is 3.60. The smallest absolute Gasteiger partial charge is 0.0139 e. The number of hydrogen-bond acceptors (Lipinski definition) is 0. The lowest BCUT2D eigenvalue weighted by molar-refractivity contribution is 0.862. The van der Waals surface area contributed by atoms with Crippen molar-refractivity contribution in [2.75, 3.05) is 0 Å². The number of rotatable bonds is 8. The van der Waals surface area contributed by atoms with Crippen LogP contribution in [0.25, 0.3) is 5.57 Å². The van der Waals surface area contributed by atoms with Gasteiger partial charge in [-0.1, -0.05) is 50.6 Å². The topological polar surface area (TPSA) is 0 Å². The van der Waals surface area contributed by atoms with Crippen LogP contribution in [0.1, 0.15) is 63.5 Å². The highest BCUT2D eigenvalue weighted by molar-refractivity contribution is 14.1. The van der Waals surface area contributed by atoms with E-state index in [1.807, 2.05) is 0 Å². The fraction of sp³-hybridized carbons (Fsp3) is 0.400. The van der Waals surface area contributed by atoms with Gasteiger partial charge in [0.25, 0.3) is 0 Å². The van der Waals surface area contributed by atoms with Crippen molar-refractivity contribution in [3.05, 3.63) is 63.8 Å². The van der Waals surface area contributed by atoms with Gasteiger partial charge < -0.3 is 0 Å². The van der Waals surface area contributed by atoms with E-state index in [0.29, 0.717) is 5.92 Å². The molecule has 1 rings (SSSR count). The Morgan fingerprint density at radius 1 is 1.29 bits per heavy atom. The first-order chi connectivity index (χ1) is 10.2. The average molecular weight is 394 g/mol. The van der Waals surface area contributed by atoms with Gasteiger partial charge in [0.15, 0.2) is 0 Å². The van der Waals surface area contributed by atoms with E-state index >= 15 is 0 Å². The van der Waals surface area contributed by atoms with Crippen LogP contribution in [0.15, 0.2) is 49.1 Å². The van der Waals surface area contributed by atoms with E-state index in [4.69, 9.17) is 0 Å². The third-order valence-corrected chi connectivity index (χ3v) is 4.22. The van der Waals surface area contributed by atoms with E-state index in [1.165, 1.54) is 26.7 Å². The van der Waals surface area contributed by atoms with E-state index in [0.717, 1.165) is 19.3 Å². The summed E-state index contributed by atoms with van der Waals surface area (Å²) in [6, 6.07) is 6.95. The molecule has 0 nitrogen and oxygen atoms in total. The Morgan fingerprint density at radius 3 is 2.62 bits per heavy atom. The second kappa shape index (κ2) is 9.99. The average Bonchev–Trinajstić information content (AvgIpc) is 2.47. The molecule has 21 heavy (non-hydrogen) atoms. The summed E-state index contributed by atoms with van der Waals surface area (Å²) in [6.07, 6.45) is 13.2. The molecule has 1 atom stereocenters. The zero-order valence-electron chi connectivity index (χ0n) is 13.5. The molecule has 1 unspecified atom stereocenters. The van der Waals surface area contributed by atoms with Crippen LogP contribution in [0.2, 0.25) is 0 Å². The Kier molecular flexibility index (Phi) is 8.67. The van der Waals surface area contributed by atoms with Crippen LogP contribution in [0.4, 0.5) is 0 Å². The Morgan fingerprint density at radius 2 is 2.05 bits per heavy atom. The maximum Gasteiger partial charge on any atom is 0.0139 e. The van der Waals surface area contributed by atoms with Crippen molar-refractivity contribution < 1.29 is 0 Å². The van der Waals surface area contributed by atoms with Crippen molar-refractivity contribution in [2.45, 2.75) is 52.4 Å². The quantitative estimate of drug-likeness (QED) is 0.325. The number of halogens is 1. The van der Waals surface area contributed by atoms with Crippen LogP contribution < -0.4 is 0 Å². The molecule has 0 amide bonds. The van der Waals surface area contributed by atoms with E-state index in [-0.39, 0.29) is 0 Å². The molecule has 0 aromatic heterocycles. The lowest BCUT2D eigenvalue weighted by atomic mass is 9.91. The summed E-state index contributed by atoms with van der Waals surface area (Å²) < 4.78 is 1.31. The van der Waals surface area contributed by atoms with Gasteiger partial charge in [-0.2, -0.15) is 0 Å². The number of benzene rings is 1. The summed E-state index contributed by atoms with van der Waals surface area (Å²) in [4.78, 5) is 0.